The van der Waals surface area contributed by atoms with E-state index in [0.29, 0.717) is 6.04 Å². The highest BCUT2D eigenvalue weighted by Crippen LogP contribution is 2.32. The molecule has 1 aliphatic carbocycles. The van der Waals surface area contributed by atoms with E-state index in [2.05, 4.69) is 41.6 Å². The molecule has 5 rings (SSSR count). The van der Waals surface area contributed by atoms with Gasteiger partial charge in [0.2, 0.25) is 0 Å². The normalized spacial score (nSPS) is 21.4. The van der Waals surface area contributed by atoms with Crippen LogP contribution in [0.3, 0.4) is 0 Å². The molecule has 5 nitrogen and oxygen atoms in total. The van der Waals surface area contributed by atoms with Crippen molar-refractivity contribution in [3.8, 4) is 17.0 Å². The van der Waals surface area contributed by atoms with Crippen LogP contribution in [0.5, 0.6) is 5.75 Å². The molecule has 0 radical (unpaired) electrons. The van der Waals surface area contributed by atoms with Gasteiger partial charge in [-0.25, -0.2) is 9.50 Å². The fraction of sp³-hybridized carbons (Fsp3) is 0.500. The zero-order valence-electron chi connectivity index (χ0n) is 17.2. The molecule has 3 aromatic rings. The van der Waals surface area contributed by atoms with E-state index in [1.54, 1.807) is 0 Å². The van der Waals surface area contributed by atoms with Crippen LogP contribution in [0.2, 0.25) is 0 Å². The number of aromatic nitrogens is 3. The molecular weight excluding hydrogens is 360 g/mol. The van der Waals surface area contributed by atoms with E-state index < -0.39 is 0 Å². The van der Waals surface area contributed by atoms with Crippen molar-refractivity contribution in [1.29, 1.82) is 0 Å². The molecule has 29 heavy (non-hydrogen) atoms. The van der Waals surface area contributed by atoms with Gasteiger partial charge in [-0.15, -0.1) is 0 Å². The smallest absolute Gasteiger partial charge is 0.155 e. The first-order chi connectivity index (χ1) is 14.3. The first-order valence-electron chi connectivity index (χ1n) is 11.1. The first kappa shape index (κ1) is 18.6. The van der Waals surface area contributed by atoms with Crippen LogP contribution in [0.4, 0.5) is 0 Å². The van der Waals surface area contributed by atoms with Gasteiger partial charge in [-0.2, -0.15) is 5.10 Å². The van der Waals surface area contributed by atoms with Crippen LogP contribution in [0.25, 0.3) is 16.9 Å². The van der Waals surface area contributed by atoms with Gasteiger partial charge in [-0.1, -0.05) is 0 Å². The van der Waals surface area contributed by atoms with Crippen LogP contribution in [0, 0.1) is 5.92 Å². The molecule has 1 N–H and O–H groups in total. The van der Waals surface area contributed by atoms with Gasteiger partial charge in [0.25, 0.3) is 0 Å². The number of hydrogen-bond donors (Lipinski definition) is 1. The lowest BCUT2D eigenvalue weighted by atomic mass is 9.92. The topological polar surface area (TPSA) is 51.5 Å². The molecule has 0 bridgehead atoms. The fourth-order valence-electron chi connectivity index (χ4n) is 4.94. The molecule has 2 aliphatic rings. The van der Waals surface area contributed by atoms with Crippen LogP contribution >= 0.6 is 0 Å². The van der Waals surface area contributed by atoms with Gasteiger partial charge in [-0.3, -0.25) is 0 Å². The third-order valence-corrected chi connectivity index (χ3v) is 6.61. The summed E-state index contributed by atoms with van der Waals surface area (Å²) in [5.41, 5.74) is 5.94. The van der Waals surface area contributed by atoms with E-state index in [4.69, 9.17) is 9.72 Å². The Morgan fingerprint density at radius 1 is 1.14 bits per heavy atom. The van der Waals surface area contributed by atoms with Gasteiger partial charge >= 0.3 is 0 Å². The van der Waals surface area contributed by atoms with Crippen LogP contribution in [0.1, 0.15) is 50.3 Å². The van der Waals surface area contributed by atoms with Crippen molar-refractivity contribution in [2.45, 2.75) is 57.9 Å². The molecule has 2 aromatic heterocycles. The van der Waals surface area contributed by atoms with Crippen LogP contribution in [0.15, 0.2) is 36.5 Å². The fourth-order valence-corrected chi connectivity index (χ4v) is 4.94. The van der Waals surface area contributed by atoms with Crippen molar-refractivity contribution in [3.63, 3.8) is 0 Å². The zero-order valence-corrected chi connectivity index (χ0v) is 17.2. The van der Waals surface area contributed by atoms with Crippen LogP contribution in [-0.4, -0.2) is 33.8 Å². The molecule has 3 heterocycles. The Balaban J connectivity index is 1.30. The number of fused-ring (bicyclic) bond motifs is 2. The third kappa shape index (κ3) is 3.76. The largest absolute Gasteiger partial charge is 0.494 e. The Labute approximate surface area is 172 Å². The molecule has 1 fully saturated rings. The van der Waals surface area contributed by atoms with Crippen molar-refractivity contribution in [3.05, 3.63) is 47.8 Å². The summed E-state index contributed by atoms with van der Waals surface area (Å²) >= 11 is 0. The molecule has 0 saturated carbocycles. The second-order valence-electron chi connectivity index (χ2n) is 8.50. The highest BCUT2D eigenvalue weighted by atomic mass is 16.5. The maximum atomic E-state index is 6.02. The average molecular weight is 391 g/mol. The van der Waals surface area contributed by atoms with E-state index in [1.807, 2.05) is 16.8 Å². The van der Waals surface area contributed by atoms with Gasteiger partial charge in [-0.05, 0) is 88.6 Å². The van der Waals surface area contributed by atoms with Crippen molar-refractivity contribution in [2.24, 2.45) is 5.92 Å². The number of aryl methyl sites for hydroxylation is 1. The quantitative estimate of drug-likeness (QED) is 0.633. The number of ether oxygens (including phenoxy) is 1. The second kappa shape index (κ2) is 8.15. The second-order valence-corrected chi connectivity index (χ2v) is 8.50. The van der Waals surface area contributed by atoms with Crippen molar-refractivity contribution >= 4 is 5.65 Å². The Kier molecular flexibility index (Phi) is 5.23. The van der Waals surface area contributed by atoms with Gasteiger partial charge < -0.3 is 10.1 Å². The van der Waals surface area contributed by atoms with Gasteiger partial charge in [0.05, 0.1) is 18.5 Å². The molecule has 1 aliphatic heterocycles. The summed E-state index contributed by atoms with van der Waals surface area (Å²) in [6.07, 6.45) is 10.1. The van der Waals surface area contributed by atoms with Gasteiger partial charge in [0.1, 0.15) is 5.75 Å². The Hall–Kier alpha value is -2.40. The molecule has 2 unspecified atom stereocenters. The molecule has 1 aromatic carbocycles. The highest BCUT2D eigenvalue weighted by molar-refractivity contribution is 5.68. The van der Waals surface area contributed by atoms with E-state index in [1.165, 1.54) is 48.2 Å². The predicted molar refractivity (Wildman–Crippen MR) is 115 cm³/mol. The summed E-state index contributed by atoms with van der Waals surface area (Å²) in [6.45, 7) is 4.25. The number of nitrogens with one attached hydrogen (secondary N) is 1. The Morgan fingerprint density at radius 2 is 2.00 bits per heavy atom. The monoisotopic (exact) mass is 390 g/mol. The van der Waals surface area contributed by atoms with Crippen molar-refractivity contribution < 1.29 is 4.74 Å². The summed E-state index contributed by atoms with van der Waals surface area (Å²) < 4.78 is 8.02. The lowest BCUT2D eigenvalue weighted by molar-refractivity contribution is 0.288. The SMILES string of the molecule is CC1NCCC1CCCOc1ccc(-c2c3c(nc4ccnn24)CCCC3)cc1. The summed E-state index contributed by atoms with van der Waals surface area (Å²) in [5, 5.41) is 8.08. The number of rotatable bonds is 6. The zero-order chi connectivity index (χ0) is 19.6. The summed E-state index contributed by atoms with van der Waals surface area (Å²) in [5.74, 6) is 1.75. The van der Waals surface area contributed by atoms with Crippen molar-refractivity contribution in [1.82, 2.24) is 19.9 Å². The molecule has 2 atom stereocenters. The van der Waals surface area contributed by atoms with Crippen molar-refractivity contribution in [2.75, 3.05) is 13.2 Å². The summed E-state index contributed by atoms with van der Waals surface area (Å²) in [7, 11) is 0. The van der Waals surface area contributed by atoms with E-state index in [9.17, 15) is 0 Å². The molecule has 152 valence electrons. The third-order valence-electron chi connectivity index (χ3n) is 6.61. The molecule has 5 heteroatoms. The average Bonchev–Trinajstić information content (AvgIpc) is 3.38. The first-order valence-corrected chi connectivity index (χ1v) is 11.1. The summed E-state index contributed by atoms with van der Waals surface area (Å²) in [4.78, 5) is 4.84. The minimum Gasteiger partial charge on any atom is -0.494 e. The maximum Gasteiger partial charge on any atom is 0.155 e. The molecule has 1 saturated heterocycles. The lowest BCUT2D eigenvalue weighted by Gasteiger charge is -2.20. The van der Waals surface area contributed by atoms with Crippen LogP contribution in [-0.2, 0) is 12.8 Å². The van der Waals surface area contributed by atoms with Gasteiger partial charge in [0.15, 0.2) is 5.65 Å². The minimum atomic E-state index is 0.653. The molecular formula is C24H30N4O. The van der Waals surface area contributed by atoms with Crippen LogP contribution < -0.4 is 10.1 Å². The number of benzene rings is 1. The Bertz CT molecular complexity index is 978. The van der Waals surface area contributed by atoms with E-state index >= 15 is 0 Å². The van der Waals surface area contributed by atoms with E-state index in [-0.39, 0.29) is 0 Å². The number of hydrogen-bond acceptors (Lipinski definition) is 4. The summed E-state index contributed by atoms with van der Waals surface area (Å²) in [6, 6.07) is 11.2. The Morgan fingerprint density at radius 3 is 2.83 bits per heavy atom. The maximum absolute atomic E-state index is 6.02. The lowest BCUT2D eigenvalue weighted by Crippen LogP contribution is -2.22. The standard InChI is InChI=1S/C24H30N4O/c1-17-18(12-14-25-17)5-4-16-29-20-10-8-19(9-11-20)24-21-6-2-3-7-22(21)27-23-13-15-26-28(23)24/h8-11,13,15,17-18,25H,2-7,12,14,16H2,1H3. The van der Waals surface area contributed by atoms with E-state index in [0.717, 1.165) is 49.7 Å². The number of nitrogens with zero attached hydrogens (tertiary/aromatic N) is 3. The highest BCUT2D eigenvalue weighted by Gasteiger charge is 2.22. The molecule has 0 amide bonds. The predicted octanol–water partition coefficient (Wildman–Crippen LogP) is 4.43. The van der Waals surface area contributed by atoms with Gasteiger partial charge in [0, 0.05) is 28.9 Å². The minimum absolute atomic E-state index is 0.653. The molecule has 0 spiro atoms.